The second-order valence-corrected chi connectivity index (χ2v) is 4.88. The number of hydrogen-bond acceptors (Lipinski definition) is 5. The van der Waals surface area contributed by atoms with Crippen molar-refractivity contribution in [2.45, 2.75) is 19.4 Å². The molecule has 1 atom stereocenters. The predicted molar refractivity (Wildman–Crippen MR) is 75.9 cm³/mol. The molecule has 0 amide bonds. The predicted octanol–water partition coefficient (Wildman–Crippen LogP) is 1.31. The van der Waals surface area contributed by atoms with Gasteiger partial charge in [-0.3, -0.25) is 4.98 Å². The van der Waals surface area contributed by atoms with Gasteiger partial charge in [-0.25, -0.2) is 0 Å². The van der Waals surface area contributed by atoms with E-state index in [4.69, 9.17) is 5.73 Å². The Balaban J connectivity index is 2.00. The van der Waals surface area contributed by atoms with Crippen molar-refractivity contribution < 1.29 is 0 Å². The lowest BCUT2D eigenvalue weighted by Crippen LogP contribution is -2.15. The van der Waals surface area contributed by atoms with Gasteiger partial charge in [0.15, 0.2) is 5.82 Å². The summed E-state index contributed by atoms with van der Waals surface area (Å²) in [6.07, 6.45) is 0.557. The SMILES string of the molecule is Cc1cc(C(N)Cc2nnn(C)n2)c2ccccc2n1. The van der Waals surface area contributed by atoms with Gasteiger partial charge in [-0.1, -0.05) is 18.2 Å². The third-order valence-corrected chi connectivity index (χ3v) is 3.23. The Kier molecular flexibility index (Phi) is 3.15. The summed E-state index contributed by atoms with van der Waals surface area (Å²) in [4.78, 5) is 5.97. The minimum Gasteiger partial charge on any atom is -0.324 e. The molecule has 0 saturated carbocycles. The molecule has 6 nitrogen and oxygen atoms in total. The van der Waals surface area contributed by atoms with Crippen molar-refractivity contribution in [3.05, 3.63) is 47.4 Å². The average molecular weight is 268 g/mol. The molecule has 2 aromatic heterocycles. The first-order valence-corrected chi connectivity index (χ1v) is 6.48. The number of tetrazole rings is 1. The average Bonchev–Trinajstić information content (AvgIpc) is 2.83. The molecule has 0 spiro atoms. The molecule has 0 radical (unpaired) electrons. The highest BCUT2D eigenvalue weighted by Crippen LogP contribution is 2.24. The fraction of sp³-hybridized carbons (Fsp3) is 0.286. The number of rotatable bonds is 3. The van der Waals surface area contributed by atoms with Crippen LogP contribution in [-0.4, -0.2) is 25.2 Å². The van der Waals surface area contributed by atoms with Crippen molar-refractivity contribution in [1.29, 1.82) is 0 Å². The Hall–Kier alpha value is -2.34. The summed E-state index contributed by atoms with van der Waals surface area (Å²) in [7, 11) is 1.74. The summed E-state index contributed by atoms with van der Waals surface area (Å²) in [6, 6.07) is 9.87. The van der Waals surface area contributed by atoms with E-state index >= 15 is 0 Å². The number of nitrogens with zero attached hydrogens (tertiary/aromatic N) is 5. The van der Waals surface area contributed by atoms with E-state index in [1.54, 1.807) is 7.05 Å². The van der Waals surface area contributed by atoms with E-state index in [9.17, 15) is 0 Å². The minimum absolute atomic E-state index is 0.175. The first-order chi connectivity index (χ1) is 9.63. The Morgan fingerprint density at radius 1 is 1.30 bits per heavy atom. The van der Waals surface area contributed by atoms with Crippen molar-refractivity contribution >= 4 is 10.9 Å². The zero-order chi connectivity index (χ0) is 14.1. The standard InChI is InChI=1S/C14H16N6/c1-9-7-11(10-5-3-4-6-13(10)16-9)12(15)8-14-17-19-20(2)18-14/h3-7,12H,8,15H2,1-2H3. The molecule has 0 fully saturated rings. The van der Waals surface area contributed by atoms with E-state index in [1.165, 1.54) is 4.80 Å². The fourth-order valence-corrected chi connectivity index (χ4v) is 2.36. The Labute approximate surface area is 116 Å². The summed E-state index contributed by atoms with van der Waals surface area (Å²) in [5, 5.41) is 13.1. The maximum Gasteiger partial charge on any atom is 0.176 e. The second-order valence-electron chi connectivity index (χ2n) is 4.88. The van der Waals surface area contributed by atoms with Gasteiger partial charge >= 0.3 is 0 Å². The van der Waals surface area contributed by atoms with Gasteiger partial charge < -0.3 is 5.73 Å². The quantitative estimate of drug-likeness (QED) is 0.774. The first-order valence-electron chi connectivity index (χ1n) is 6.48. The smallest absolute Gasteiger partial charge is 0.176 e. The molecule has 6 heteroatoms. The van der Waals surface area contributed by atoms with Gasteiger partial charge in [0, 0.05) is 23.5 Å². The lowest BCUT2D eigenvalue weighted by molar-refractivity contribution is 0.623. The van der Waals surface area contributed by atoms with Crippen LogP contribution in [0.5, 0.6) is 0 Å². The highest BCUT2D eigenvalue weighted by atomic mass is 15.6. The third-order valence-electron chi connectivity index (χ3n) is 3.23. The maximum atomic E-state index is 6.33. The van der Waals surface area contributed by atoms with Gasteiger partial charge in [-0.15, -0.1) is 10.2 Å². The number of aromatic nitrogens is 5. The Morgan fingerprint density at radius 3 is 2.85 bits per heavy atom. The zero-order valence-electron chi connectivity index (χ0n) is 11.5. The number of para-hydroxylation sites is 1. The molecule has 1 unspecified atom stereocenters. The fourth-order valence-electron chi connectivity index (χ4n) is 2.36. The highest BCUT2D eigenvalue weighted by molar-refractivity contribution is 5.82. The number of aryl methyl sites for hydroxylation is 2. The zero-order valence-corrected chi connectivity index (χ0v) is 11.5. The van der Waals surface area contributed by atoms with Crippen LogP contribution in [0.4, 0.5) is 0 Å². The lowest BCUT2D eigenvalue weighted by atomic mass is 9.99. The van der Waals surface area contributed by atoms with Crippen LogP contribution in [0.15, 0.2) is 30.3 Å². The van der Waals surface area contributed by atoms with E-state index in [-0.39, 0.29) is 6.04 Å². The molecule has 3 rings (SSSR count). The van der Waals surface area contributed by atoms with E-state index in [0.29, 0.717) is 12.2 Å². The summed E-state index contributed by atoms with van der Waals surface area (Å²) in [5.41, 5.74) is 9.32. The molecular formula is C14H16N6. The van der Waals surface area contributed by atoms with Crippen LogP contribution < -0.4 is 5.73 Å². The molecule has 2 heterocycles. The van der Waals surface area contributed by atoms with E-state index in [2.05, 4.69) is 20.4 Å². The summed E-state index contributed by atoms with van der Waals surface area (Å²) >= 11 is 0. The molecule has 20 heavy (non-hydrogen) atoms. The van der Waals surface area contributed by atoms with Crippen LogP contribution in [0.3, 0.4) is 0 Å². The van der Waals surface area contributed by atoms with Crippen molar-refractivity contribution in [3.63, 3.8) is 0 Å². The highest BCUT2D eigenvalue weighted by Gasteiger charge is 2.14. The van der Waals surface area contributed by atoms with E-state index in [0.717, 1.165) is 22.2 Å². The Bertz CT molecular complexity index is 748. The van der Waals surface area contributed by atoms with Crippen LogP contribution in [0.25, 0.3) is 10.9 Å². The van der Waals surface area contributed by atoms with E-state index in [1.807, 2.05) is 37.3 Å². The van der Waals surface area contributed by atoms with Gasteiger partial charge in [0.05, 0.1) is 12.6 Å². The van der Waals surface area contributed by atoms with Crippen molar-refractivity contribution in [2.75, 3.05) is 0 Å². The minimum atomic E-state index is -0.175. The second kappa shape index (κ2) is 4.97. The molecule has 0 saturated heterocycles. The summed E-state index contributed by atoms with van der Waals surface area (Å²) < 4.78 is 0. The molecular weight excluding hydrogens is 252 g/mol. The maximum absolute atomic E-state index is 6.33. The molecule has 1 aromatic carbocycles. The van der Waals surface area contributed by atoms with Crippen molar-refractivity contribution in [3.8, 4) is 0 Å². The Morgan fingerprint density at radius 2 is 2.10 bits per heavy atom. The van der Waals surface area contributed by atoms with E-state index < -0.39 is 0 Å². The molecule has 2 N–H and O–H groups in total. The number of nitrogens with two attached hydrogens (primary N) is 1. The number of pyridine rings is 1. The van der Waals surface area contributed by atoms with Crippen molar-refractivity contribution in [2.24, 2.45) is 12.8 Å². The third kappa shape index (κ3) is 2.37. The topological polar surface area (TPSA) is 82.5 Å². The molecule has 0 bridgehead atoms. The first kappa shape index (κ1) is 12.7. The largest absolute Gasteiger partial charge is 0.324 e. The van der Waals surface area contributed by atoms with Crippen LogP contribution in [0, 0.1) is 6.92 Å². The summed E-state index contributed by atoms with van der Waals surface area (Å²) in [5.74, 6) is 0.651. The molecule has 0 aliphatic rings. The van der Waals surface area contributed by atoms with Crippen LogP contribution >= 0.6 is 0 Å². The van der Waals surface area contributed by atoms with Gasteiger partial charge in [-0.2, -0.15) is 4.80 Å². The molecule has 3 aromatic rings. The normalized spacial score (nSPS) is 12.8. The monoisotopic (exact) mass is 268 g/mol. The number of hydrogen-bond donors (Lipinski definition) is 1. The van der Waals surface area contributed by atoms with Gasteiger partial charge in [-0.05, 0) is 29.8 Å². The van der Waals surface area contributed by atoms with Crippen LogP contribution in [0.1, 0.15) is 23.1 Å². The van der Waals surface area contributed by atoms with Crippen LogP contribution in [-0.2, 0) is 13.5 Å². The van der Waals surface area contributed by atoms with Gasteiger partial charge in [0.1, 0.15) is 0 Å². The van der Waals surface area contributed by atoms with Crippen LogP contribution in [0.2, 0.25) is 0 Å². The molecule has 0 aliphatic heterocycles. The number of fused-ring (bicyclic) bond motifs is 1. The number of benzene rings is 1. The molecule has 102 valence electrons. The van der Waals surface area contributed by atoms with Gasteiger partial charge in [0.2, 0.25) is 0 Å². The summed E-state index contributed by atoms with van der Waals surface area (Å²) in [6.45, 7) is 1.98. The molecule has 0 aliphatic carbocycles. The van der Waals surface area contributed by atoms with Gasteiger partial charge in [0.25, 0.3) is 0 Å². The lowest BCUT2D eigenvalue weighted by Gasteiger charge is -2.13. The van der Waals surface area contributed by atoms with Crippen molar-refractivity contribution in [1.82, 2.24) is 25.2 Å².